The molecule has 7 heteroatoms. The molecule has 0 radical (unpaired) electrons. The van der Waals surface area contributed by atoms with E-state index in [9.17, 15) is 4.79 Å². The first-order chi connectivity index (χ1) is 11.6. The van der Waals surface area contributed by atoms with Gasteiger partial charge >= 0.3 is 5.97 Å². The van der Waals surface area contributed by atoms with Crippen LogP contribution in [0.2, 0.25) is 0 Å². The zero-order chi connectivity index (χ0) is 17.3. The van der Waals surface area contributed by atoms with Crippen molar-refractivity contribution in [3.8, 4) is 0 Å². The van der Waals surface area contributed by atoms with Crippen LogP contribution in [0.15, 0.2) is 11.8 Å². The molecule has 0 saturated carbocycles. The van der Waals surface area contributed by atoms with Crippen LogP contribution in [0.25, 0.3) is 0 Å². The van der Waals surface area contributed by atoms with Crippen molar-refractivity contribution in [1.82, 2.24) is 26.6 Å². The van der Waals surface area contributed by atoms with Gasteiger partial charge in [0.05, 0.1) is 5.54 Å². The van der Waals surface area contributed by atoms with Gasteiger partial charge in [-0.1, -0.05) is 6.92 Å². The highest BCUT2D eigenvalue weighted by molar-refractivity contribution is 5.66. The first-order valence-corrected chi connectivity index (χ1v) is 9.14. The van der Waals surface area contributed by atoms with Crippen molar-refractivity contribution in [3.63, 3.8) is 0 Å². The monoisotopic (exact) mass is 339 g/mol. The summed E-state index contributed by atoms with van der Waals surface area (Å²) in [4.78, 5) is 10.6. The Morgan fingerprint density at radius 1 is 1.12 bits per heavy atom. The fourth-order valence-electron chi connectivity index (χ4n) is 3.21. The zero-order valence-corrected chi connectivity index (χ0v) is 14.8. The lowest BCUT2D eigenvalue weighted by molar-refractivity contribution is -0.137. The van der Waals surface area contributed by atoms with Crippen LogP contribution in [0.1, 0.15) is 26.2 Å². The molecule has 2 aliphatic rings. The molecule has 7 nitrogen and oxygen atoms in total. The Bertz CT molecular complexity index is 411. The van der Waals surface area contributed by atoms with Crippen LogP contribution < -0.4 is 26.6 Å². The molecule has 0 bridgehead atoms. The molecule has 0 aromatic heterocycles. The summed E-state index contributed by atoms with van der Waals surface area (Å²) in [6.45, 7) is 9.96. The summed E-state index contributed by atoms with van der Waals surface area (Å²) in [7, 11) is 0. The predicted octanol–water partition coefficient (Wildman–Crippen LogP) is -0.525. The second-order valence-electron chi connectivity index (χ2n) is 7.06. The van der Waals surface area contributed by atoms with Crippen molar-refractivity contribution in [1.29, 1.82) is 0 Å². The minimum Gasteiger partial charge on any atom is -0.481 e. The summed E-state index contributed by atoms with van der Waals surface area (Å²) < 4.78 is 0. The van der Waals surface area contributed by atoms with Gasteiger partial charge in [-0.3, -0.25) is 4.79 Å². The first kappa shape index (κ1) is 19.2. The molecule has 0 aromatic rings. The summed E-state index contributed by atoms with van der Waals surface area (Å²) in [5.41, 5.74) is 1.13. The van der Waals surface area contributed by atoms with E-state index in [0.29, 0.717) is 12.3 Å². The molecule has 138 valence electrons. The van der Waals surface area contributed by atoms with Gasteiger partial charge in [-0.25, -0.2) is 0 Å². The topological polar surface area (TPSA) is 97.5 Å². The Kier molecular flexibility index (Phi) is 7.98. The predicted molar refractivity (Wildman–Crippen MR) is 96.1 cm³/mol. The third kappa shape index (κ3) is 6.76. The van der Waals surface area contributed by atoms with E-state index in [1.165, 1.54) is 5.70 Å². The number of hydrogen-bond donors (Lipinski definition) is 6. The molecule has 0 aromatic carbocycles. The zero-order valence-electron chi connectivity index (χ0n) is 14.8. The summed E-state index contributed by atoms with van der Waals surface area (Å²) in [6.07, 6.45) is 4.01. The summed E-state index contributed by atoms with van der Waals surface area (Å²) in [5, 5.41) is 26.3. The fourth-order valence-corrected chi connectivity index (χ4v) is 3.21. The number of hydrogen-bond acceptors (Lipinski definition) is 6. The maximum absolute atomic E-state index is 10.6. The molecule has 1 fully saturated rings. The molecule has 24 heavy (non-hydrogen) atoms. The Morgan fingerprint density at radius 3 is 2.21 bits per heavy atom. The van der Waals surface area contributed by atoms with Gasteiger partial charge in [-0.2, -0.15) is 0 Å². The Labute approximate surface area is 145 Å². The normalized spacial score (nSPS) is 29.9. The van der Waals surface area contributed by atoms with E-state index in [1.807, 2.05) is 0 Å². The average molecular weight is 339 g/mol. The van der Waals surface area contributed by atoms with Crippen molar-refractivity contribution in [2.24, 2.45) is 5.92 Å². The molecule has 2 rings (SSSR count). The van der Waals surface area contributed by atoms with E-state index < -0.39 is 5.97 Å². The molecule has 2 aliphatic heterocycles. The van der Waals surface area contributed by atoms with Gasteiger partial charge in [0.15, 0.2) is 0 Å². The lowest BCUT2D eigenvalue weighted by Crippen LogP contribution is -2.63. The van der Waals surface area contributed by atoms with E-state index in [1.54, 1.807) is 0 Å². The SMILES string of the molecule is CC1CNCCNCC2(C=C(CCCC(=O)O)N2)CNCCNC1. The molecule has 0 unspecified atom stereocenters. The van der Waals surface area contributed by atoms with Gasteiger partial charge in [0.2, 0.25) is 0 Å². The highest BCUT2D eigenvalue weighted by Gasteiger charge is 2.34. The lowest BCUT2D eigenvalue weighted by atomic mass is 9.88. The van der Waals surface area contributed by atoms with Gasteiger partial charge in [0.25, 0.3) is 0 Å². The second-order valence-corrected chi connectivity index (χ2v) is 7.06. The molecule has 0 atom stereocenters. The van der Waals surface area contributed by atoms with E-state index in [-0.39, 0.29) is 12.0 Å². The van der Waals surface area contributed by atoms with Crippen LogP contribution in [0.4, 0.5) is 0 Å². The van der Waals surface area contributed by atoms with E-state index in [0.717, 1.165) is 58.8 Å². The Hall–Kier alpha value is -1.15. The van der Waals surface area contributed by atoms with Crippen molar-refractivity contribution < 1.29 is 9.90 Å². The maximum Gasteiger partial charge on any atom is 0.303 e. The van der Waals surface area contributed by atoms with Crippen LogP contribution in [-0.4, -0.2) is 69.0 Å². The van der Waals surface area contributed by atoms with E-state index in [2.05, 4.69) is 39.6 Å². The molecular formula is C17H33N5O2. The number of allylic oxidation sites excluding steroid dienone is 1. The van der Waals surface area contributed by atoms with Gasteiger partial charge in [-0.15, -0.1) is 0 Å². The molecule has 1 spiro atoms. The van der Waals surface area contributed by atoms with Crippen molar-refractivity contribution >= 4 is 5.97 Å². The van der Waals surface area contributed by atoms with Gasteiger partial charge in [-0.05, 0) is 37.9 Å². The third-order valence-electron chi connectivity index (χ3n) is 4.52. The number of aliphatic carboxylic acids is 1. The van der Waals surface area contributed by atoms with Gasteiger partial charge in [0, 0.05) is 51.4 Å². The number of carboxylic acids is 1. The summed E-state index contributed by atoms with van der Waals surface area (Å²) >= 11 is 0. The minimum atomic E-state index is -0.722. The molecule has 2 heterocycles. The van der Waals surface area contributed by atoms with Crippen molar-refractivity contribution in [2.75, 3.05) is 52.4 Å². The van der Waals surface area contributed by atoms with Crippen molar-refractivity contribution in [2.45, 2.75) is 31.7 Å². The second kappa shape index (κ2) is 9.98. The summed E-state index contributed by atoms with van der Waals surface area (Å²) in [5.74, 6) is -0.0795. The first-order valence-electron chi connectivity index (χ1n) is 9.14. The smallest absolute Gasteiger partial charge is 0.303 e. The fraction of sp³-hybridized carbons (Fsp3) is 0.824. The highest BCUT2D eigenvalue weighted by atomic mass is 16.4. The third-order valence-corrected chi connectivity index (χ3v) is 4.52. The quantitative estimate of drug-likeness (QED) is 0.410. The van der Waals surface area contributed by atoms with Crippen LogP contribution in [0.3, 0.4) is 0 Å². The average Bonchev–Trinajstić information content (AvgIpc) is 2.50. The molecular weight excluding hydrogens is 306 g/mol. The van der Waals surface area contributed by atoms with Crippen LogP contribution in [0.5, 0.6) is 0 Å². The molecule has 6 N–H and O–H groups in total. The van der Waals surface area contributed by atoms with Crippen molar-refractivity contribution in [3.05, 3.63) is 11.8 Å². The van der Waals surface area contributed by atoms with Crippen LogP contribution >= 0.6 is 0 Å². The standard InChI is InChI=1S/C17H33N5O2/c1-14-10-18-5-7-20-12-17(13-21-8-6-19-11-14)9-15(22-17)3-2-4-16(23)24/h9,14,18-22H,2-8,10-13H2,1H3,(H,23,24). The van der Waals surface area contributed by atoms with E-state index >= 15 is 0 Å². The minimum absolute atomic E-state index is 0.0457. The number of nitrogens with one attached hydrogen (secondary N) is 5. The van der Waals surface area contributed by atoms with E-state index in [4.69, 9.17) is 5.11 Å². The van der Waals surface area contributed by atoms with Crippen LogP contribution in [0, 0.1) is 5.92 Å². The van der Waals surface area contributed by atoms with Gasteiger partial charge in [0.1, 0.15) is 0 Å². The molecule has 0 aliphatic carbocycles. The van der Waals surface area contributed by atoms with Gasteiger partial charge < -0.3 is 31.7 Å². The molecule has 0 amide bonds. The number of rotatable bonds is 4. The largest absolute Gasteiger partial charge is 0.481 e. The summed E-state index contributed by atoms with van der Waals surface area (Å²) in [6, 6.07) is 0. The highest BCUT2D eigenvalue weighted by Crippen LogP contribution is 2.23. The number of carboxylic acid groups (broad SMARTS) is 1. The number of carbonyl (C=O) groups is 1. The Balaban J connectivity index is 1.78. The molecule has 1 saturated heterocycles. The van der Waals surface area contributed by atoms with Crippen LogP contribution in [-0.2, 0) is 4.79 Å². The Morgan fingerprint density at radius 2 is 1.67 bits per heavy atom. The lowest BCUT2D eigenvalue weighted by Gasteiger charge is -2.43. The maximum atomic E-state index is 10.6.